The standard InChI is InChI=1S/C10H14N2O2/c1-7-8(6-13)12-9(11-7)10(2)4-3-5-14-10/h6H,3-5H2,1-2H3,(H,11,12). The van der Waals surface area contributed by atoms with E-state index in [2.05, 4.69) is 9.97 Å². The maximum Gasteiger partial charge on any atom is 0.170 e. The normalized spacial score (nSPS) is 26.7. The van der Waals surface area contributed by atoms with E-state index in [9.17, 15) is 4.79 Å². The van der Waals surface area contributed by atoms with Crippen LogP contribution in [0.5, 0.6) is 0 Å². The van der Waals surface area contributed by atoms with E-state index >= 15 is 0 Å². The molecule has 0 aliphatic carbocycles. The van der Waals surface area contributed by atoms with Gasteiger partial charge >= 0.3 is 0 Å². The highest BCUT2D eigenvalue weighted by Crippen LogP contribution is 2.33. The molecule has 1 aromatic heterocycles. The predicted molar refractivity (Wildman–Crippen MR) is 51.3 cm³/mol. The molecule has 0 bridgehead atoms. The summed E-state index contributed by atoms with van der Waals surface area (Å²) in [5.41, 5.74) is 0.968. The zero-order valence-electron chi connectivity index (χ0n) is 8.46. The van der Waals surface area contributed by atoms with Crippen LogP contribution in [0.2, 0.25) is 0 Å². The minimum absolute atomic E-state index is 0.327. The Morgan fingerprint density at radius 2 is 2.43 bits per heavy atom. The summed E-state index contributed by atoms with van der Waals surface area (Å²) in [6.45, 7) is 4.62. The van der Waals surface area contributed by atoms with Crippen molar-refractivity contribution in [3.05, 3.63) is 17.2 Å². The number of ether oxygens (including phenoxy) is 1. The SMILES string of the molecule is Cc1[nH]c(C2(C)CCCO2)nc1C=O. The van der Waals surface area contributed by atoms with Gasteiger partial charge < -0.3 is 9.72 Å². The van der Waals surface area contributed by atoms with E-state index in [1.807, 2.05) is 13.8 Å². The molecule has 14 heavy (non-hydrogen) atoms. The molecule has 0 spiro atoms. The van der Waals surface area contributed by atoms with Crippen molar-refractivity contribution >= 4 is 6.29 Å². The van der Waals surface area contributed by atoms with Crippen LogP contribution in [0, 0.1) is 6.92 Å². The average Bonchev–Trinajstić information content (AvgIpc) is 2.73. The lowest BCUT2D eigenvalue weighted by Crippen LogP contribution is -2.21. The summed E-state index contributed by atoms with van der Waals surface area (Å²) in [5.74, 6) is 0.773. The van der Waals surface area contributed by atoms with E-state index in [-0.39, 0.29) is 5.60 Å². The predicted octanol–water partition coefficient (Wildman–Crippen LogP) is 1.56. The Balaban J connectivity index is 2.36. The third kappa shape index (κ3) is 1.35. The third-order valence-electron chi connectivity index (χ3n) is 2.75. The van der Waals surface area contributed by atoms with Crippen molar-refractivity contribution < 1.29 is 9.53 Å². The number of hydrogen-bond acceptors (Lipinski definition) is 3. The van der Waals surface area contributed by atoms with E-state index in [1.165, 1.54) is 0 Å². The fourth-order valence-corrected chi connectivity index (χ4v) is 1.80. The van der Waals surface area contributed by atoms with Gasteiger partial charge in [0.05, 0.1) is 0 Å². The highest BCUT2D eigenvalue weighted by Gasteiger charge is 2.35. The molecule has 0 saturated carbocycles. The second-order valence-electron chi connectivity index (χ2n) is 3.90. The molecule has 1 saturated heterocycles. The number of aromatic nitrogens is 2. The van der Waals surface area contributed by atoms with Crippen LogP contribution in [0.4, 0.5) is 0 Å². The van der Waals surface area contributed by atoms with Gasteiger partial charge in [0, 0.05) is 12.3 Å². The largest absolute Gasteiger partial charge is 0.367 e. The molecule has 1 N–H and O–H groups in total. The molecule has 0 radical (unpaired) electrons. The first-order valence-corrected chi connectivity index (χ1v) is 4.82. The second-order valence-corrected chi connectivity index (χ2v) is 3.90. The first kappa shape index (κ1) is 9.40. The number of nitrogens with zero attached hydrogens (tertiary/aromatic N) is 1. The van der Waals surface area contributed by atoms with Gasteiger partial charge in [0.25, 0.3) is 0 Å². The molecule has 2 heterocycles. The van der Waals surface area contributed by atoms with E-state index < -0.39 is 0 Å². The lowest BCUT2D eigenvalue weighted by Gasteiger charge is -2.19. The zero-order chi connectivity index (χ0) is 10.2. The summed E-state index contributed by atoms with van der Waals surface area (Å²) in [7, 11) is 0. The number of aromatic amines is 1. The molecule has 1 aliphatic heterocycles. The van der Waals surface area contributed by atoms with Crippen molar-refractivity contribution in [2.24, 2.45) is 0 Å². The Morgan fingerprint density at radius 3 is 2.93 bits per heavy atom. The van der Waals surface area contributed by atoms with Crippen LogP contribution >= 0.6 is 0 Å². The van der Waals surface area contributed by atoms with Gasteiger partial charge in [-0.2, -0.15) is 0 Å². The fraction of sp³-hybridized carbons (Fsp3) is 0.600. The monoisotopic (exact) mass is 194 g/mol. The van der Waals surface area contributed by atoms with E-state index in [0.29, 0.717) is 5.69 Å². The third-order valence-corrected chi connectivity index (χ3v) is 2.75. The van der Waals surface area contributed by atoms with Crippen molar-refractivity contribution in [2.45, 2.75) is 32.3 Å². The molecule has 0 amide bonds. The van der Waals surface area contributed by atoms with Crippen LogP contribution in [0.25, 0.3) is 0 Å². The number of imidazole rings is 1. The molecule has 1 aliphatic rings. The quantitative estimate of drug-likeness (QED) is 0.727. The number of nitrogens with one attached hydrogen (secondary N) is 1. The number of aryl methyl sites for hydroxylation is 1. The van der Waals surface area contributed by atoms with Gasteiger partial charge in [0.15, 0.2) is 6.29 Å². The number of hydrogen-bond donors (Lipinski definition) is 1. The van der Waals surface area contributed by atoms with Crippen LogP contribution in [0.1, 0.15) is 41.8 Å². The van der Waals surface area contributed by atoms with Crippen LogP contribution < -0.4 is 0 Å². The molecular weight excluding hydrogens is 180 g/mol. The molecule has 4 nitrogen and oxygen atoms in total. The Labute approximate surface area is 82.7 Å². The number of carbonyl (C=O) groups is 1. The van der Waals surface area contributed by atoms with E-state index in [1.54, 1.807) is 0 Å². The van der Waals surface area contributed by atoms with Crippen molar-refractivity contribution in [3.8, 4) is 0 Å². The number of carbonyl (C=O) groups excluding carboxylic acids is 1. The van der Waals surface area contributed by atoms with Crippen molar-refractivity contribution in [1.29, 1.82) is 0 Å². The van der Waals surface area contributed by atoms with Crippen molar-refractivity contribution in [2.75, 3.05) is 6.61 Å². The number of aldehydes is 1. The maximum atomic E-state index is 10.6. The molecule has 4 heteroatoms. The topological polar surface area (TPSA) is 55.0 Å². The summed E-state index contributed by atoms with van der Waals surface area (Å²) in [6.07, 6.45) is 2.78. The molecular formula is C10H14N2O2. The Hall–Kier alpha value is -1.16. The first-order chi connectivity index (χ1) is 6.65. The van der Waals surface area contributed by atoms with Gasteiger partial charge in [-0.3, -0.25) is 4.79 Å². The molecule has 1 unspecified atom stereocenters. The minimum Gasteiger partial charge on any atom is -0.367 e. The van der Waals surface area contributed by atoms with Gasteiger partial charge in [-0.05, 0) is 26.7 Å². The van der Waals surface area contributed by atoms with Crippen LogP contribution in [-0.2, 0) is 10.3 Å². The molecule has 0 aromatic carbocycles. The number of rotatable bonds is 2. The van der Waals surface area contributed by atoms with Crippen LogP contribution in [0.3, 0.4) is 0 Å². The highest BCUT2D eigenvalue weighted by atomic mass is 16.5. The van der Waals surface area contributed by atoms with E-state index in [4.69, 9.17) is 4.74 Å². The highest BCUT2D eigenvalue weighted by molar-refractivity contribution is 5.73. The van der Waals surface area contributed by atoms with Gasteiger partial charge in [0.2, 0.25) is 0 Å². The van der Waals surface area contributed by atoms with E-state index in [0.717, 1.165) is 37.3 Å². The minimum atomic E-state index is -0.327. The Kier molecular flexibility index (Phi) is 2.15. The van der Waals surface area contributed by atoms with Crippen LogP contribution in [0.15, 0.2) is 0 Å². The lowest BCUT2D eigenvalue weighted by atomic mass is 10.0. The summed E-state index contributed by atoms with van der Waals surface area (Å²) in [4.78, 5) is 18.0. The molecule has 2 rings (SSSR count). The Bertz CT molecular complexity index is 351. The van der Waals surface area contributed by atoms with Gasteiger partial charge in [-0.15, -0.1) is 0 Å². The second kappa shape index (κ2) is 3.20. The molecule has 1 fully saturated rings. The Morgan fingerprint density at radius 1 is 1.64 bits per heavy atom. The smallest absolute Gasteiger partial charge is 0.170 e. The fourth-order valence-electron chi connectivity index (χ4n) is 1.80. The molecule has 1 aromatic rings. The summed E-state index contributed by atoms with van der Waals surface area (Å²) >= 11 is 0. The maximum absolute atomic E-state index is 10.6. The van der Waals surface area contributed by atoms with Gasteiger partial charge in [0.1, 0.15) is 17.1 Å². The lowest BCUT2D eigenvalue weighted by molar-refractivity contribution is 0.00993. The summed E-state index contributed by atoms with van der Waals surface area (Å²) in [5, 5.41) is 0. The molecule has 1 atom stereocenters. The van der Waals surface area contributed by atoms with Crippen molar-refractivity contribution in [3.63, 3.8) is 0 Å². The van der Waals surface area contributed by atoms with Gasteiger partial charge in [-0.25, -0.2) is 4.98 Å². The first-order valence-electron chi connectivity index (χ1n) is 4.82. The summed E-state index contributed by atoms with van der Waals surface area (Å²) < 4.78 is 5.63. The number of H-pyrrole nitrogens is 1. The summed E-state index contributed by atoms with van der Waals surface area (Å²) in [6, 6.07) is 0. The van der Waals surface area contributed by atoms with Crippen molar-refractivity contribution in [1.82, 2.24) is 9.97 Å². The van der Waals surface area contributed by atoms with Gasteiger partial charge in [-0.1, -0.05) is 0 Å². The molecule has 76 valence electrons. The zero-order valence-corrected chi connectivity index (χ0v) is 8.46. The van der Waals surface area contributed by atoms with Crippen LogP contribution in [-0.4, -0.2) is 22.9 Å². The average molecular weight is 194 g/mol.